The molecule has 0 aliphatic carbocycles. The summed E-state index contributed by atoms with van der Waals surface area (Å²) >= 11 is 0. The van der Waals surface area contributed by atoms with Crippen molar-refractivity contribution in [2.75, 3.05) is 20.2 Å². The van der Waals surface area contributed by atoms with Gasteiger partial charge < -0.3 is 19.9 Å². The molecule has 17 heavy (non-hydrogen) atoms. The van der Waals surface area contributed by atoms with Crippen molar-refractivity contribution in [2.45, 2.75) is 25.5 Å². The summed E-state index contributed by atoms with van der Waals surface area (Å²) in [5.41, 5.74) is 0. The first-order valence-corrected chi connectivity index (χ1v) is 5.57. The predicted octanol–water partition coefficient (Wildman–Crippen LogP) is -0.592. The lowest BCUT2D eigenvalue weighted by Crippen LogP contribution is -2.53. The lowest BCUT2D eigenvalue weighted by Gasteiger charge is -2.21. The van der Waals surface area contributed by atoms with Gasteiger partial charge in [0.1, 0.15) is 6.10 Å². The summed E-state index contributed by atoms with van der Waals surface area (Å²) in [6, 6.07) is -0.296. The monoisotopic (exact) mass is 240 g/mol. The number of amides is 1. The first kappa shape index (κ1) is 12.0. The molecule has 2 heterocycles. The quantitative estimate of drug-likeness (QED) is 0.731. The van der Waals surface area contributed by atoms with Crippen LogP contribution in [0.1, 0.15) is 24.7 Å². The Morgan fingerprint density at radius 1 is 1.59 bits per heavy atom. The fourth-order valence-electron chi connectivity index (χ4n) is 1.61. The molecule has 0 bridgehead atoms. The highest BCUT2D eigenvalue weighted by Crippen LogP contribution is 2.12. The van der Waals surface area contributed by atoms with Crippen LogP contribution in [0.4, 0.5) is 0 Å². The van der Waals surface area contributed by atoms with Gasteiger partial charge in [-0.3, -0.25) is 4.79 Å². The van der Waals surface area contributed by atoms with E-state index in [9.17, 15) is 4.79 Å². The van der Waals surface area contributed by atoms with Crippen LogP contribution >= 0.6 is 0 Å². The van der Waals surface area contributed by atoms with Gasteiger partial charge in [-0.15, -0.1) is 0 Å². The van der Waals surface area contributed by atoms with Crippen molar-refractivity contribution in [3.05, 3.63) is 11.7 Å². The third-order valence-corrected chi connectivity index (χ3v) is 2.71. The lowest BCUT2D eigenvalue weighted by atomic mass is 10.1. The van der Waals surface area contributed by atoms with Crippen molar-refractivity contribution < 1.29 is 14.1 Å². The molecule has 1 aromatic rings. The van der Waals surface area contributed by atoms with Crippen molar-refractivity contribution in [3.63, 3.8) is 0 Å². The van der Waals surface area contributed by atoms with Crippen LogP contribution in [-0.2, 0) is 16.0 Å². The summed E-state index contributed by atoms with van der Waals surface area (Å²) < 4.78 is 10.2. The van der Waals surface area contributed by atoms with Crippen molar-refractivity contribution in [3.8, 4) is 0 Å². The molecule has 2 rings (SSSR count). The topological polar surface area (TPSA) is 89.3 Å². The number of hydrogen-bond donors (Lipinski definition) is 2. The smallest absolute Gasteiger partial charge is 0.237 e. The van der Waals surface area contributed by atoms with E-state index in [-0.39, 0.29) is 18.1 Å². The predicted molar refractivity (Wildman–Crippen MR) is 58.2 cm³/mol. The summed E-state index contributed by atoms with van der Waals surface area (Å²) in [6.45, 7) is 3.25. The third-order valence-electron chi connectivity index (χ3n) is 2.71. The molecule has 0 aromatic carbocycles. The van der Waals surface area contributed by atoms with E-state index in [2.05, 4.69) is 20.8 Å². The van der Waals surface area contributed by atoms with Gasteiger partial charge in [0.15, 0.2) is 5.82 Å². The Kier molecular flexibility index (Phi) is 3.70. The molecule has 1 amide bonds. The third kappa shape index (κ3) is 2.80. The van der Waals surface area contributed by atoms with E-state index in [0.717, 1.165) is 6.54 Å². The van der Waals surface area contributed by atoms with Gasteiger partial charge in [-0.1, -0.05) is 5.16 Å². The van der Waals surface area contributed by atoms with Crippen LogP contribution in [0, 0.1) is 0 Å². The molecule has 0 radical (unpaired) electrons. The number of piperazine rings is 1. The average molecular weight is 240 g/mol. The van der Waals surface area contributed by atoms with E-state index in [4.69, 9.17) is 9.26 Å². The molecule has 7 nitrogen and oxygen atoms in total. The van der Waals surface area contributed by atoms with Gasteiger partial charge in [0.2, 0.25) is 11.8 Å². The Balaban J connectivity index is 1.98. The number of rotatable bonds is 4. The summed E-state index contributed by atoms with van der Waals surface area (Å²) in [5.74, 6) is 0.910. The Morgan fingerprint density at radius 3 is 3.12 bits per heavy atom. The second kappa shape index (κ2) is 5.24. The van der Waals surface area contributed by atoms with Gasteiger partial charge in [0.25, 0.3) is 0 Å². The van der Waals surface area contributed by atoms with Gasteiger partial charge in [0, 0.05) is 20.2 Å². The molecule has 1 aromatic heterocycles. The van der Waals surface area contributed by atoms with E-state index in [1.165, 1.54) is 0 Å². The number of methoxy groups -OCH3 is 1. The highest BCUT2D eigenvalue weighted by Gasteiger charge is 2.24. The highest BCUT2D eigenvalue weighted by molar-refractivity contribution is 5.82. The fourth-order valence-corrected chi connectivity index (χ4v) is 1.61. The summed E-state index contributed by atoms with van der Waals surface area (Å²) in [4.78, 5) is 15.7. The maximum Gasteiger partial charge on any atom is 0.237 e. The first-order valence-electron chi connectivity index (χ1n) is 5.57. The molecule has 0 saturated carbocycles. The van der Waals surface area contributed by atoms with Crippen molar-refractivity contribution in [1.82, 2.24) is 20.8 Å². The van der Waals surface area contributed by atoms with Crippen LogP contribution in [0.25, 0.3) is 0 Å². The largest absolute Gasteiger partial charge is 0.374 e. The van der Waals surface area contributed by atoms with Gasteiger partial charge in [-0.2, -0.15) is 4.98 Å². The molecule has 2 N–H and O–H groups in total. The van der Waals surface area contributed by atoms with Crippen LogP contribution in [0.3, 0.4) is 0 Å². The van der Waals surface area contributed by atoms with Gasteiger partial charge in [-0.05, 0) is 6.92 Å². The number of hydrogen-bond acceptors (Lipinski definition) is 6. The lowest BCUT2D eigenvalue weighted by molar-refractivity contribution is -0.124. The second-order valence-electron chi connectivity index (χ2n) is 3.93. The molecule has 0 spiro atoms. The number of carbonyl (C=O) groups excluding carboxylic acids is 1. The van der Waals surface area contributed by atoms with Crippen LogP contribution < -0.4 is 10.6 Å². The van der Waals surface area contributed by atoms with Crippen molar-refractivity contribution in [2.24, 2.45) is 0 Å². The van der Waals surface area contributed by atoms with Gasteiger partial charge in [0.05, 0.1) is 12.5 Å². The minimum atomic E-state index is -0.296. The normalized spacial score (nSPS) is 22.2. The Bertz CT molecular complexity index is 393. The van der Waals surface area contributed by atoms with E-state index in [1.54, 1.807) is 7.11 Å². The van der Waals surface area contributed by atoms with Crippen LogP contribution in [0.15, 0.2) is 4.52 Å². The first-order chi connectivity index (χ1) is 8.20. The zero-order chi connectivity index (χ0) is 12.3. The van der Waals surface area contributed by atoms with Gasteiger partial charge >= 0.3 is 0 Å². The van der Waals surface area contributed by atoms with Gasteiger partial charge in [-0.25, -0.2) is 0 Å². The van der Waals surface area contributed by atoms with Crippen LogP contribution in [0.2, 0.25) is 0 Å². The molecular formula is C10H16N4O3. The maximum absolute atomic E-state index is 11.5. The molecule has 2 atom stereocenters. The van der Waals surface area contributed by atoms with E-state index in [1.807, 2.05) is 6.92 Å². The number of ether oxygens (including phenoxy) is 1. The van der Waals surface area contributed by atoms with E-state index < -0.39 is 0 Å². The molecule has 1 fully saturated rings. The zero-order valence-corrected chi connectivity index (χ0v) is 9.90. The molecule has 1 saturated heterocycles. The minimum absolute atomic E-state index is 0.0317. The molecule has 1 aliphatic heterocycles. The number of carbonyl (C=O) groups is 1. The number of nitrogens with zero attached hydrogens (tertiary/aromatic N) is 2. The number of aromatic nitrogens is 2. The number of nitrogens with one attached hydrogen (secondary N) is 2. The maximum atomic E-state index is 11.5. The average Bonchev–Trinajstić information content (AvgIpc) is 2.80. The SMILES string of the molecule is COC(C)c1noc(CC2NCCNC2=O)n1. The van der Waals surface area contributed by atoms with Crippen molar-refractivity contribution >= 4 is 5.91 Å². The second-order valence-corrected chi connectivity index (χ2v) is 3.93. The standard InChI is InChI=1S/C10H16N4O3/c1-6(16-2)9-13-8(17-14-9)5-7-10(15)12-4-3-11-7/h6-7,11H,3-5H2,1-2H3,(H,12,15). The molecule has 2 unspecified atom stereocenters. The van der Waals surface area contributed by atoms with Crippen LogP contribution in [0.5, 0.6) is 0 Å². The highest BCUT2D eigenvalue weighted by atomic mass is 16.5. The summed E-state index contributed by atoms with van der Waals surface area (Å²) in [7, 11) is 1.58. The molecule has 94 valence electrons. The summed E-state index contributed by atoms with van der Waals surface area (Å²) in [5, 5.41) is 9.68. The van der Waals surface area contributed by atoms with E-state index >= 15 is 0 Å². The zero-order valence-electron chi connectivity index (χ0n) is 9.90. The Morgan fingerprint density at radius 2 is 2.41 bits per heavy atom. The fraction of sp³-hybridized carbons (Fsp3) is 0.700. The molecule has 1 aliphatic rings. The Hall–Kier alpha value is -1.47. The van der Waals surface area contributed by atoms with Crippen LogP contribution in [-0.4, -0.2) is 42.3 Å². The molecule has 7 heteroatoms. The Labute approximate surface area is 98.9 Å². The summed E-state index contributed by atoms with van der Waals surface area (Å²) in [6.07, 6.45) is 0.190. The van der Waals surface area contributed by atoms with E-state index in [0.29, 0.717) is 24.7 Å². The van der Waals surface area contributed by atoms with Crippen molar-refractivity contribution in [1.29, 1.82) is 0 Å². The molecular weight excluding hydrogens is 224 g/mol. The minimum Gasteiger partial charge on any atom is -0.374 e.